The van der Waals surface area contributed by atoms with Gasteiger partial charge in [0.15, 0.2) is 0 Å². The van der Waals surface area contributed by atoms with E-state index < -0.39 is 35.8 Å². The van der Waals surface area contributed by atoms with Gasteiger partial charge in [0.05, 0.1) is 0 Å². The number of carboxylic acid groups (broad SMARTS) is 6. The van der Waals surface area contributed by atoms with Gasteiger partial charge in [-0.3, -0.25) is 0 Å². The van der Waals surface area contributed by atoms with Crippen molar-refractivity contribution in [3.8, 4) is 0 Å². The van der Waals surface area contributed by atoms with E-state index in [9.17, 15) is 0 Å². The number of rotatable bonds is 0. The van der Waals surface area contributed by atoms with Crippen molar-refractivity contribution in [2.45, 2.75) is 0 Å². The van der Waals surface area contributed by atoms with E-state index in [2.05, 4.69) is 0 Å². The van der Waals surface area contributed by atoms with E-state index in [-0.39, 0.29) is 138 Å². The molecule has 0 aromatic carbocycles. The van der Waals surface area contributed by atoms with Crippen molar-refractivity contribution < 1.29 is 198 Å². The van der Waals surface area contributed by atoms with Crippen molar-refractivity contribution in [3.63, 3.8) is 0 Å². The Kier molecular flexibility index (Phi) is 271. The largest absolute Gasteiger partial charge is 0.473 e. The first kappa shape index (κ1) is 115. The van der Waals surface area contributed by atoms with Crippen LogP contribution in [0, 0.1) is 83.5 Å². The van der Waals surface area contributed by atoms with Crippen LogP contribution in [0.25, 0.3) is 0 Å². The molecule has 0 saturated heterocycles. The van der Waals surface area contributed by atoms with Crippen LogP contribution in [0.2, 0.25) is 0 Å². The molecule has 0 aliphatic heterocycles. The summed E-state index contributed by atoms with van der Waals surface area (Å²) in [4.78, 5) is 54.6. The summed E-state index contributed by atoms with van der Waals surface area (Å²) in [7, 11) is 0. The van der Waals surface area contributed by atoms with Crippen LogP contribution in [-0.4, -0.2) is 121 Å². The molecule has 0 aromatic heterocycles. The maximum atomic E-state index is 9.10. The topological polar surface area (TPSA) is 539 Å². The third kappa shape index (κ3) is 149. The van der Waals surface area contributed by atoms with Crippen LogP contribution in [0.1, 0.15) is 0 Å². The number of carbonyl (C=O) groups is 6. The molecule has 0 radical (unpaired) electrons. The van der Waals surface area contributed by atoms with Crippen LogP contribution in [0.5, 0.6) is 0 Å². The molecule has 24 heteroatoms. The summed E-state index contributed by atoms with van der Waals surface area (Å²) in [5.74, 6) is -10.9. The SMILES string of the molecule is O.O.O.O.O.O.O.O.O.O.O=C(O)C(=O)O.O=C(O)C(=O)O.O=C(O)C(=O)O.[Ce].[Ce]. The minimum atomic E-state index is -1.82. The maximum absolute atomic E-state index is 9.10. The molecule has 22 nitrogen and oxygen atoms in total. The fraction of sp³-hybridized carbons (Fsp3) is 0. The second-order valence-electron chi connectivity index (χ2n) is 1.83. The molecule has 0 fully saturated rings. The average Bonchev–Trinajstić information content (AvgIpc) is 2.18. The zero-order valence-corrected chi connectivity index (χ0v) is 20.4. The van der Waals surface area contributed by atoms with Crippen LogP contribution in [0.4, 0.5) is 0 Å². The van der Waals surface area contributed by atoms with Gasteiger partial charge in [0.1, 0.15) is 0 Å². The predicted octanol–water partition coefficient (Wildman–Crippen LogP) is -10.8. The van der Waals surface area contributed by atoms with E-state index in [0.717, 1.165) is 0 Å². The third-order valence-corrected chi connectivity index (χ3v) is 0.549. The zero-order chi connectivity index (χ0) is 15.5. The van der Waals surface area contributed by atoms with E-state index in [0.29, 0.717) is 0 Å². The molecule has 0 aromatic rings. The molecular weight excluding hydrogens is 704 g/mol. The predicted molar refractivity (Wildman–Crippen MR) is 82.0 cm³/mol. The van der Waals surface area contributed by atoms with Gasteiger partial charge in [-0.2, -0.15) is 0 Å². The van der Waals surface area contributed by atoms with Crippen molar-refractivity contribution in [2.75, 3.05) is 0 Å². The second kappa shape index (κ2) is 70.5. The van der Waals surface area contributed by atoms with Gasteiger partial charge in [0.2, 0.25) is 0 Å². The van der Waals surface area contributed by atoms with Gasteiger partial charge < -0.3 is 85.4 Å². The van der Waals surface area contributed by atoms with Gasteiger partial charge in [0.25, 0.3) is 0 Å². The van der Waals surface area contributed by atoms with Crippen LogP contribution < -0.4 is 0 Å². The summed E-state index contributed by atoms with van der Waals surface area (Å²) in [6.45, 7) is 0. The van der Waals surface area contributed by atoms with Crippen LogP contribution in [0.15, 0.2) is 0 Å². The third-order valence-electron chi connectivity index (χ3n) is 0.549. The Morgan fingerprint density at radius 3 is 0.300 bits per heavy atom. The molecule has 0 aliphatic rings. The number of carboxylic acids is 6. The Balaban J connectivity index is -0.00000000721. The molecule has 0 bridgehead atoms. The van der Waals surface area contributed by atoms with Gasteiger partial charge in [-0.05, 0) is 0 Å². The van der Waals surface area contributed by atoms with Crippen molar-refractivity contribution in [2.24, 2.45) is 0 Å². The molecule has 0 amide bonds. The molecule has 0 unspecified atom stereocenters. The van der Waals surface area contributed by atoms with Gasteiger partial charge in [-0.15, -0.1) is 0 Å². The van der Waals surface area contributed by atoms with Crippen molar-refractivity contribution in [1.82, 2.24) is 0 Å². The first-order valence-corrected chi connectivity index (χ1v) is 3.32. The molecular formula is C6H26Ce2O22. The maximum Gasteiger partial charge on any atom is 0.414 e. The Bertz CT molecular complexity index is 287. The number of hydrogen-bond donors (Lipinski definition) is 6. The standard InChI is InChI=1S/3C2H2O4.2Ce.10H2O/c3*3-1(4)2(5)6;;;;;;;;;;;;/h3*(H,3,4)(H,5,6);;;10*1H2. The Morgan fingerprint density at radius 1 is 0.267 bits per heavy atom. The van der Waals surface area contributed by atoms with Gasteiger partial charge in [0, 0.05) is 83.5 Å². The van der Waals surface area contributed by atoms with Crippen molar-refractivity contribution in [3.05, 3.63) is 0 Å². The number of aliphatic carboxylic acids is 6. The Hall–Kier alpha value is -0.827. The molecule has 190 valence electrons. The van der Waals surface area contributed by atoms with E-state index in [4.69, 9.17) is 59.4 Å². The van der Waals surface area contributed by atoms with E-state index in [1.807, 2.05) is 0 Å². The van der Waals surface area contributed by atoms with Crippen LogP contribution in [0.3, 0.4) is 0 Å². The van der Waals surface area contributed by atoms with Crippen molar-refractivity contribution >= 4 is 35.8 Å². The molecule has 0 heterocycles. The monoisotopic (exact) mass is 730 g/mol. The quantitative estimate of drug-likeness (QED) is 0.127. The van der Waals surface area contributed by atoms with E-state index in [1.165, 1.54) is 0 Å². The van der Waals surface area contributed by atoms with Crippen LogP contribution >= 0.6 is 0 Å². The molecule has 0 rings (SSSR count). The Morgan fingerprint density at radius 2 is 0.300 bits per heavy atom. The zero-order valence-electron chi connectivity index (χ0n) is 14.1. The summed E-state index contributed by atoms with van der Waals surface area (Å²) in [6, 6.07) is 0. The first-order valence-electron chi connectivity index (χ1n) is 3.32. The average molecular weight is 730 g/mol. The fourth-order valence-electron chi connectivity index (χ4n) is 0. The van der Waals surface area contributed by atoms with Crippen LogP contribution in [-0.2, 0) is 28.8 Å². The van der Waals surface area contributed by atoms with Gasteiger partial charge >= 0.3 is 35.8 Å². The molecule has 30 heavy (non-hydrogen) atoms. The molecule has 0 atom stereocenters. The van der Waals surface area contributed by atoms with E-state index in [1.54, 1.807) is 0 Å². The Labute approximate surface area is 231 Å². The molecule has 0 aliphatic carbocycles. The molecule has 26 N–H and O–H groups in total. The first-order chi connectivity index (χ1) is 7.93. The normalized spacial score (nSPS) is 4.40. The summed E-state index contributed by atoms with van der Waals surface area (Å²) in [5.41, 5.74) is 0. The summed E-state index contributed by atoms with van der Waals surface area (Å²) in [6.07, 6.45) is 0. The number of hydrogen-bond acceptors (Lipinski definition) is 6. The fourth-order valence-corrected chi connectivity index (χ4v) is 0. The molecule has 0 saturated carbocycles. The summed E-state index contributed by atoms with van der Waals surface area (Å²) in [5, 5.41) is 44.3. The molecule has 0 spiro atoms. The second-order valence-corrected chi connectivity index (χ2v) is 1.83. The summed E-state index contributed by atoms with van der Waals surface area (Å²) < 4.78 is 0. The van der Waals surface area contributed by atoms with Gasteiger partial charge in [-0.1, -0.05) is 0 Å². The minimum absolute atomic E-state index is 0. The summed E-state index contributed by atoms with van der Waals surface area (Å²) >= 11 is 0. The smallest absolute Gasteiger partial charge is 0.414 e. The minimum Gasteiger partial charge on any atom is -0.473 e. The van der Waals surface area contributed by atoms with Crippen molar-refractivity contribution in [1.29, 1.82) is 0 Å². The van der Waals surface area contributed by atoms with E-state index >= 15 is 0 Å². The van der Waals surface area contributed by atoms with Gasteiger partial charge in [-0.25, -0.2) is 28.8 Å².